The second-order valence-corrected chi connectivity index (χ2v) is 4.73. The maximum absolute atomic E-state index is 13.6. The molecule has 0 unspecified atom stereocenters. The Labute approximate surface area is 119 Å². The molecule has 0 aromatic heterocycles. The maximum Gasteiger partial charge on any atom is 0.254 e. The number of halogens is 1. The summed E-state index contributed by atoms with van der Waals surface area (Å²) < 4.78 is 23.9. The number of amides is 1. The second-order valence-electron chi connectivity index (χ2n) is 4.73. The van der Waals surface area contributed by atoms with Crippen LogP contribution in [0.4, 0.5) is 4.39 Å². The van der Waals surface area contributed by atoms with Crippen molar-refractivity contribution >= 4 is 5.91 Å². The molecule has 0 fully saturated rings. The first-order chi connectivity index (χ1) is 9.54. The Bertz CT molecular complexity index is 435. The van der Waals surface area contributed by atoms with E-state index in [1.165, 1.54) is 19.2 Å². The quantitative estimate of drug-likeness (QED) is 0.746. The van der Waals surface area contributed by atoms with Gasteiger partial charge in [-0.15, -0.1) is 0 Å². The zero-order chi connectivity index (χ0) is 15.0. The number of benzene rings is 1. The van der Waals surface area contributed by atoms with Crippen molar-refractivity contribution in [2.45, 2.75) is 32.8 Å². The summed E-state index contributed by atoms with van der Waals surface area (Å²) in [7, 11) is 1.45. The molecule has 1 aromatic carbocycles. The van der Waals surface area contributed by atoms with Crippen molar-refractivity contribution in [1.82, 2.24) is 5.32 Å². The number of unbranched alkanes of at least 4 members (excludes halogenated alkanes) is 1. The molecular formula is C15H22FNO3. The molecule has 20 heavy (non-hydrogen) atoms. The van der Waals surface area contributed by atoms with Crippen LogP contribution < -0.4 is 10.1 Å². The molecule has 1 N–H and O–H groups in total. The van der Waals surface area contributed by atoms with Gasteiger partial charge in [-0.25, -0.2) is 4.39 Å². The van der Waals surface area contributed by atoms with Crippen LogP contribution >= 0.6 is 0 Å². The number of hydrogen-bond donors (Lipinski definition) is 1. The van der Waals surface area contributed by atoms with Crippen molar-refractivity contribution in [2.75, 3.05) is 20.3 Å². The highest BCUT2D eigenvalue weighted by molar-refractivity contribution is 5.94. The summed E-state index contributed by atoms with van der Waals surface area (Å²) in [4.78, 5) is 11.8. The average molecular weight is 283 g/mol. The van der Waals surface area contributed by atoms with Crippen molar-refractivity contribution in [1.29, 1.82) is 0 Å². The minimum absolute atomic E-state index is 0.0317. The van der Waals surface area contributed by atoms with Crippen LogP contribution in [0.25, 0.3) is 0 Å². The summed E-state index contributed by atoms with van der Waals surface area (Å²) >= 11 is 0. The number of carbonyl (C=O) groups excluding carboxylic acids is 1. The summed E-state index contributed by atoms with van der Waals surface area (Å²) in [6, 6.07) is 4.19. The number of rotatable bonds is 8. The van der Waals surface area contributed by atoms with Crippen LogP contribution in [0.2, 0.25) is 0 Å². The molecule has 0 atom stereocenters. The largest absolute Gasteiger partial charge is 0.497 e. The number of carbonyl (C=O) groups is 1. The van der Waals surface area contributed by atoms with E-state index in [1.807, 2.05) is 13.8 Å². The summed E-state index contributed by atoms with van der Waals surface area (Å²) in [5.41, 5.74) is 0.0317. The fourth-order valence-corrected chi connectivity index (χ4v) is 1.65. The van der Waals surface area contributed by atoms with Crippen molar-refractivity contribution in [3.63, 3.8) is 0 Å². The molecule has 0 saturated carbocycles. The summed E-state index contributed by atoms with van der Waals surface area (Å²) in [5.74, 6) is -0.593. The highest BCUT2D eigenvalue weighted by atomic mass is 19.1. The van der Waals surface area contributed by atoms with Crippen LogP contribution in [-0.4, -0.2) is 32.3 Å². The van der Waals surface area contributed by atoms with Gasteiger partial charge in [0.1, 0.15) is 11.6 Å². The van der Waals surface area contributed by atoms with Crippen molar-refractivity contribution in [3.05, 3.63) is 29.6 Å². The zero-order valence-corrected chi connectivity index (χ0v) is 12.2. The fourth-order valence-electron chi connectivity index (χ4n) is 1.65. The highest BCUT2D eigenvalue weighted by Crippen LogP contribution is 2.16. The average Bonchev–Trinajstić information content (AvgIpc) is 2.41. The van der Waals surface area contributed by atoms with E-state index in [0.29, 0.717) is 18.9 Å². The first-order valence-corrected chi connectivity index (χ1v) is 6.78. The topological polar surface area (TPSA) is 47.6 Å². The predicted molar refractivity (Wildman–Crippen MR) is 75.6 cm³/mol. The maximum atomic E-state index is 13.6. The van der Waals surface area contributed by atoms with Gasteiger partial charge in [-0.05, 0) is 38.8 Å². The van der Waals surface area contributed by atoms with Gasteiger partial charge in [0.05, 0.1) is 18.8 Å². The molecule has 0 heterocycles. The van der Waals surface area contributed by atoms with E-state index in [-0.39, 0.29) is 11.7 Å². The van der Waals surface area contributed by atoms with Gasteiger partial charge in [0.25, 0.3) is 5.91 Å². The molecule has 0 spiro atoms. The summed E-state index contributed by atoms with van der Waals surface area (Å²) in [6.07, 6.45) is 1.89. The van der Waals surface area contributed by atoms with Gasteiger partial charge in [-0.3, -0.25) is 4.79 Å². The lowest BCUT2D eigenvalue weighted by atomic mass is 10.2. The molecule has 0 aliphatic carbocycles. The van der Waals surface area contributed by atoms with Crippen LogP contribution in [0.1, 0.15) is 37.0 Å². The third-order valence-corrected chi connectivity index (χ3v) is 2.73. The number of nitrogens with one attached hydrogen (secondary N) is 1. The molecule has 112 valence electrons. The van der Waals surface area contributed by atoms with E-state index < -0.39 is 11.7 Å². The first kappa shape index (κ1) is 16.4. The zero-order valence-electron chi connectivity index (χ0n) is 12.2. The van der Waals surface area contributed by atoms with E-state index in [2.05, 4.69) is 5.32 Å². The lowest BCUT2D eigenvalue weighted by Gasteiger charge is -2.09. The Morgan fingerprint density at radius 3 is 2.70 bits per heavy atom. The monoisotopic (exact) mass is 283 g/mol. The minimum atomic E-state index is -0.579. The number of hydrogen-bond acceptors (Lipinski definition) is 3. The molecule has 0 aliphatic rings. The molecular weight excluding hydrogens is 261 g/mol. The normalized spacial score (nSPS) is 10.7. The lowest BCUT2D eigenvalue weighted by Crippen LogP contribution is -2.25. The molecule has 0 bridgehead atoms. The molecule has 0 saturated heterocycles. The number of methoxy groups -OCH3 is 1. The van der Waals surface area contributed by atoms with E-state index >= 15 is 0 Å². The predicted octanol–water partition coefficient (Wildman–Crippen LogP) is 2.77. The van der Waals surface area contributed by atoms with Gasteiger partial charge in [-0.2, -0.15) is 0 Å². The molecule has 0 aliphatic heterocycles. The van der Waals surface area contributed by atoms with E-state index in [0.717, 1.165) is 12.8 Å². The first-order valence-electron chi connectivity index (χ1n) is 6.78. The van der Waals surface area contributed by atoms with E-state index in [4.69, 9.17) is 9.47 Å². The van der Waals surface area contributed by atoms with Crippen LogP contribution in [0.3, 0.4) is 0 Å². The molecule has 0 radical (unpaired) electrons. The van der Waals surface area contributed by atoms with Gasteiger partial charge in [0.2, 0.25) is 0 Å². The van der Waals surface area contributed by atoms with Gasteiger partial charge in [0, 0.05) is 19.2 Å². The van der Waals surface area contributed by atoms with E-state index in [1.54, 1.807) is 6.07 Å². The second kappa shape index (κ2) is 8.53. The standard InChI is InChI=1S/C15H22FNO3/c1-11(2)20-9-5-4-8-17-15(18)13-7-6-12(19-3)10-14(13)16/h6-7,10-11H,4-5,8-9H2,1-3H3,(H,17,18). The Hall–Kier alpha value is -1.62. The Morgan fingerprint density at radius 2 is 2.10 bits per heavy atom. The van der Waals surface area contributed by atoms with Gasteiger partial charge in [-0.1, -0.05) is 0 Å². The van der Waals surface area contributed by atoms with Crippen molar-refractivity contribution in [3.8, 4) is 5.75 Å². The van der Waals surface area contributed by atoms with Gasteiger partial charge in [0.15, 0.2) is 0 Å². The van der Waals surface area contributed by atoms with Crippen LogP contribution in [0.5, 0.6) is 5.75 Å². The van der Waals surface area contributed by atoms with Crippen molar-refractivity contribution < 1.29 is 18.7 Å². The highest BCUT2D eigenvalue weighted by Gasteiger charge is 2.11. The molecule has 4 nitrogen and oxygen atoms in total. The summed E-state index contributed by atoms with van der Waals surface area (Å²) in [5, 5.41) is 2.69. The molecule has 5 heteroatoms. The van der Waals surface area contributed by atoms with Gasteiger partial charge < -0.3 is 14.8 Å². The third-order valence-electron chi connectivity index (χ3n) is 2.73. The van der Waals surface area contributed by atoms with Crippen LogP contribution in [0.15, 0.2) is 18.2 Å². The smallest absolute Gasteiger partial charge is 0.254 e. The third kappa shape index (κ3) is 5.57. The number of ether oxygens (including phenoxy) is 2. The van der Waals surface area contributed by atoms with E-state index in [9.17, 15) is 9.18 Å². The molecule has 1 rings (SSSR count). The lowest BCUT2D eigenvalue weighted by molar-refractivity contribution is 0.0754. The SMILES string of the molecule is COc1ccc(C(=O)NCCCCOC(C)C)c(F)c1. The summed E-state index contributed by atoms with van der Waals surface area (Å²) in [6.45, 7) is 5.14. The fraction of sp³-hybridized carbons (Fsp3) is 0.533. The van der Waals surface area contributed by atoms with Crippen molar-refractivity contribution in [2.24, 2.45) is 0 Å². The minimum Gasteiger partial charge on any atom is -0.497 e. The Balaban J connectivity index is 2.32. The Kier molecular flexibility index (Phi) is 7.01. The Morgan fingerprint density at radius 1 is 1.35 bits per heavy atom. The molecule has 1 aromatic rings. The molecule has 1 amide bonds. The van der Waals surface area contributed by atoms with Crippen LogP contribution in [-0.2, 0) is 4.74 Å². The van der Waals surface area contributed by atoms with Gasteiger partial charge >= 0.3 is 0 Å². The van der Waals surface area contributed by atoms with Crippen LogP contribution in [0, 0.1) is 5.82 Å².